The van der Waals surface area contributed by atoms with Crippen molar-refractivity contribution >= 4 is 38.9 Å². The number of hydrogen-bond donors (Lipinski definition) is 2. The summed E-state index contributed by atoms with van der Waals surface area (Å²) in [6.45, 7) is 5.49. The van der Waals surface area contributed by atoms with Gasteiger partial charge in [0.05, 0.1) is 24.0 Å². The number of thiophene rings is 1. The number of nitrogens with zero attached hydrogens (tertiary/aromatic N) is 3. The van der Waals surface area contributed by atoms with Crippen molar-refractivity contribution < 1.29 is 19.8 Å². The van der Waals surface area contributed by atoms with Gasteiger partial charge in [0.1, 0.15) is 0 Å². The summed E-state index contributed by atoms with van der Waals surface area (Å²) in [5.41, 5.74) is 1.33. The molecule has 0 spiro atoms. The molecule has 8 heteroatoms. The quantitative estimate of drug-likeness (QED) is 0.496. The van der Waals surface area contributed by atoms with Crippen LogP contribution in [0.4, 0.5) is 5.69 Å². The van der Waals surface area contributed by atoms with E-state index in [0.29, 0.717) is 13.0 Å². The van der Waals surface area contributed by atoms with Crippen molar-refractivity contribution in [1.82, 2.24) is 9.80 Å². The molecule has 6 rings (SSSR count). The fraction of sp³-hybridized carbons (Fsp3) is 0.600. The number of likely N-dealkylation sites (tertiary alicyclic amines) is 1. The third-order valence-electron chi connectivity index (χ3n) is 8.48. The molecule has 7 nitrogen and oxygen atoms in total. The number of anilines is 1. The Labute approximate surface area is 197 Å². The third-order valence-corrected chi connectivity index (χ3v) is 9.36. The summed E-state index contributed by atoms with van der Waals surface area (Å²) in [6.07, 6.45) is 0.614. The zero-order chi connectivity index (χ0) is 22.7. The first kappa shape index (κ1) is 21.5. The van der Waals surface area contributed by atoms with Gasteiger partial charge in [0.15, 0.2) is 0 Å². The molecule has 6 atom stereocenters. The van der Waals surface area contributed by atoms with E-state index in [-0.39, 0.29) is 23.7 Å². The largest absolute Gasteiger partial charge is 0.390 e. The lowest BCUT2D eigenvalue weighted by molar-refractivity contribution is -0.141. The molecule has 3 heterocycles. The van der Waals surface area contributed by atoms with Gasteiger partial charge in [-0.15, -0.1) is 11.3 Å². The number of amides is 2. The third kappa shape index (κ3) is 3.41. The Hall–Kier alpha value is -2.00. The Morgan fingerprint density at radius 3 is 2.24 bits per heavy atom. The van der Waals surface area contributed by atoms with E-state index in [9.17, 15) is 19.8 Å². The van der Waals surface area contributed by atoms with Gasteiger partial charge in [-0.25, -0.2) is 0 Å². The molecular formula is C25H31N3O4S. The molecule has 1 aromatic carbocycles. The number of carbonyl (C=O) groups excluding carboxylic acids is 2. The fourth-order valence-electron chi connectivity index (χ4n) is 6.78. The van der Waals surface area contributed by atoms with Crippen LogP contribution in [-0.4, -0.2) is 83.3 Å². The Bertz CT molecular complexity index is 1030. The maximum atomic E-state index is 12.9. The SMILES string of the molecule is O=C1[C@@H]2[C@@H]3C[C@@H]([C@@H](O)[C@H]3O)[C@@H]2C(=O)N1CCCCN1CCN(c2cccc3sccc23)CC1. The van der Waals surface area contributed by atoms with Gasteiger partial charge in [0.25, 0.3) is 0 Å². The van der Waals surface area contributed by atoms with Gasteiger partial charge in [-0.2, -0.15) is 0 Å². The maximum absolute atomic E-state index is 12.9. The van der Waals surface area contributed by atoms with Crippen LogP contribution >= 0.6 is 11.3 Å². The van der Waals surface area contributed by atoms with Gasteiger partial charge in [-0.05, 0) is 49.4 Å². The molecule has 0 unspecified atom stereocenters. The zero-order valence-corrected chi connectivity index (χ0v) is 19.5. The zero-order valence-electron chi connectivity index (χ0n) is 18.7. The molecule has 2 N–H and O–H groups in total. The molecule has 2 aromatic rings. The number of imide groups is 1. The summed E-state index contributed by atoms with van der Waals surface area (Å²) >= 11 is 1.79. The Balaban J connectivity index is 0.978. The van der Waals surface area contributed by atoms with Crippen molar-refractivity contribution in [1.29, 1.82) is 0 Å². The highest BCUT2D eigenvalue weighted by atomic mass is 32.1. The van der Waals surface area contributed by atoms with Crippen molar-refractivity contribution in [2.45, 2.75) is 31.5 Å². The van der Waals surface area contributed by atoms with E-state index in [4.69, 9.17) is 0 Å². The summed E-state index contributed by atoms with van der Waals surface area (Å²) in [6, 6.07) is 8.75. The normalized spacial score (nSPS) is 34.1. The van der Waals surface area contributed by atoms with Crippen molar-refractivity contribution in [2.75, 3.05) is 44.2 Å². The number of piperazine rings is 1. The second-order valence-corrected chi connectivity index (χ2v) is 11.0. The minimum Gasteiger partial charge on any atom is -0.390 e. The minimum atomic E-state index is -0.863. The second-order valence-electron chi connectivity index (χ2n) is 10.1. The Kier molecular flexibility index (Phi) is 5.44. The number of hydrogen-bond acceptors (Lipinski definition) is 7. The molecule has 2 saturated carbocycles. The van der Waals surface area contributed by atoms with Crippen LogP contribution < -0.4 is 4.90 Å². The first-order valence-electron chi connectivity index (χ1n) is 12.2. The predicted molar refractivity (Wildman–Crippen MR) is 127 cm³/mol. The Morgan fingerprint density at radius 1 is 0.879 bits per heavy atom. The number of benzene rings is 1. The number of carbonyl (C=O) groups is 2. The number of rotatable bonds is 6. The van der Waals surface area contributed by atoms with Gasteiger partial charge in [0.2, 0.25) is 11.8 Å². The molecule has 4 fully saturated rings. The van der Waals surface area contributed by atoms with Crippen molar-refractivity contribution in [3.63, 3.8) is 0 Å². The lowest BCUT2D eigenvalue weighted by Crippen LogP contribution is -2.46. The predicted octanol–water partition coefficient (Wildman–Crippen LogP) is 1.78. The maximum Gasteiger partial charge on any atom is 0.233 e. The molecule has 33 heavy (non-hydrogen) atoms. The van der Waals surface area contributed by atoms with E-state index in [1.54, 1.807) is 11.3 Å². The van der Waals surface area contributed by atoms with Crippen LogP contribution in [0.2, 0.25) is 0 Å². The number of fused-ring (bicyclic) bond motifs is 6. The topological polar surface area (TPSA) is 84.3 Å². The second kappa shape index (κ2) is 8.34. The van der Waals surface area contributed by atoms with Crippen LogP contribution in [0.15, 0.2) is 29.6 Å². The number of unbranched alkanes of at least 4 members (excludes halogenated alkanes) is 1. The van der Waals surface area contributed by atoms with Gasteiger partial charge >= 0.3 is 0 Å². The van der Waals surface area contributed by atoms with E-state index in [1.165, 1.54) is 20.7 Å². The highest BCUT2D eigenvalue weighted by Gasteiger charge is 2.66. The highest BCUT2D eigenvalue weighted by molar-refractivity contribution is 7.17. The number of aliphatic hydroxyl groups is 2. The molecule has 2 saturated heterocycles. The van der Waals surface area contributed by atoms with Gasteiger partial charge in [0, 0.05) is 60.3 Å². The highest BCUT2D eigenvalue weighted by Crippen LogP contribution is 2.56. The van der Waals surface area contributed by atoms with Gasteiger partial charge in [-0.3, -0.25) is 19.4 Å². The molecule has 4 aliphatic rings. The summed E-state index contributed by atoms with van der Waals surface area (Å²) in [7, 11) is 0. The van der Waals surface area contributed by atoms with Crippen LogP contribution in [0.25, 0.3) is 10.1 Å². The number of aliphatic hydroxyl groups excluding tert-OH is 2. The first-order valence-corrected chi connectivity index (χ1v) is 13.1. The first-order chi connectivity index (χ1) is 16.0. The molecule has 1 aromatic heterocycles. The molecular weight excluding hydrogens is 438 g/mol. The van der Waals surface area contributed by atoms with E-state index in [0.717, 1.165) is 45.6 Å². The van der Waals surface area contributed by atoms with E-state index < -0.39 is 24.0 Å². The van der Waals surface area contributed by atoms with Crippen molar-refractivity contribution in [3.8, 4) is 0 Å². The van der Waals surface area contributed by atoms with E-state index >= 15 is 0 Å². The summed E-state index contributed by atoms with van der Waals surface area (Å²) in [5.74, 6) is -1.59. The van der Waals surface area contributed by atoms with Gasteiger partial charge in [-0.1, -0.05) is 6.07 Å². The average molecular weight is 470 g/mol. The van der Waals surface area contributed by atoms with Crippen LogP contribution in [-0.2, 0) is 9.59 Å². The Morgan fingerprint density at radius 2 is 1.55 bits per heavy atom. The van der Waals surface area contributed by atoms with E-state index in [1.807, 2.05) is 0 Å². The van der Waals surface area contributed by atoms with Crippen LogP contribution in [0, 0.1) is 23.7 Å². The van der Waals surface area contributed by atoms with Crippen LogP contribution in [0.1, 0.15) is 19.3 Å². The van der Waals surface area contributed by atoms with Crippen molar-refractivity contribution in [3.05, 3.63) is 29.6 Å². The lowest BCUT2D eigenvalue weighted by Gasteiger charge is -2.36. The molecule has 0 radical (unpaired) electrons. The molecule has 2 bridgehead atoms. The fourth-order valence-corrected chi connectivity index (χ4v) is 7.59. The van der Waals surface area contributed by atoms with Crippen molar-refractivity contribution in [2.24, 2.45) is 23.7 Å². The summed E-state index contributed by atoms with van der Waals surface area (Å²) < 4.78 is 1.34. The van der Waals surface area contributed by atoms with Crippen LogP contribution in [0.3, 0.4) is 0 Å². The van der Waals surface area contributed by atoms with Crippen LogP contribution in [0.5, 0.6) is 0 Å². The standard InChI is InChI=1S/C25H31N3O4S/c29-22-16-14-17(23(22)30)21-20(16)24(31)28(25(21)32)8-2-1-7-26-9-11-27(12-10-26)18-4-3-5-19-15(18)6-13-33-19/h3-6,13,16-17,20-23,29-30H,1-2,7-12,14H2/t16-,17+,20+,21-,22-,23+. The average Bonchev–Trinajstić information content (AvgIpc) is 3.57. The molecule has 2 amide bonds. The summed E-state index contributed by atoms with van der Waals surface area (Å²) in [4.78, 5) is 32.1. The monoisotopic (exact) mass is 469 g/mol. The summed E-state index contributed by atoms with van der Waals surface area (Å²) in [5, 5.41) is 23.8. The molecule has 176 valence electrons. The molecule has 2 aliphatic heterocycles. The lowest BCUT2D eigenvalue weighted by atomic mass is 9.78. The molecule has 2 aliphatic carbocycles. The minimum absolute atomic E-state index is 0.125. The van der Waals surface area contributed by atoms with Gasteiger partial charge < -0.3 is 15.1 Å². The smallest absolute Gasteiger partial charge is 0.233 e. The van der Waals surface area contributed by atoms with E-state index in [2.05, 4.69) is 39.4 Å².